The number of hydrogen-bond acceptors (Lipinski definition) is 2. The second kappa shape index (κ2) is 4.23. The molecule has 0 aliphatic carbocycles. The van der Waals surface area contributed by atoms with Gasteiger partial charge >= 0.3 is 0 Å². The highest BCUT2D eigenvalue weighted by Gasteiger charge is 2.09. The predicted octanol–water partition coefficient (Wildman–Crippen LogP) is 1.15. The fourth-order valence-electron chi connectivity index (χ4n) is 0.640. The molecule has 1 N–H and O–H groups in total. The molecule has 0 bridgehead atoms. The third-order valence-electron chi connectivity index (χ3n) is 1.77. The first kappa shape index (κ1) is 9.37. The Bertz CT molecular complexity index is 136. The molecule has 0 spiro atoms. The van der Waals surface area contributed by atoms with Gasteiger partial charge in [-0.25, -0.2) is 0 Å². The minimum Gasteiger partial charge on any atom is -0.393 e. The van der Waals surface area contributed by atoms with Crippen LogP contribution in [0.3, 0.4) is 0 Å². The van der Waals surface area contributed by atoms with Gasteiger partial charge in [-0.05, 0) is 19.9 Å². The first-order valence-electron chi connectivity index (χ1n) is 3.39. The van der Waals surface area contributed by atoms with Crippen LogP contribution in [0.2, 0.25) is 0 Å². The number of aliphatic hydroxyl groups is 1. The number of allylic oxidation sites excluding steroid dienone is 1. The smallest absolute Gasteiger partial charge is 0.142 e. The molecule has 0 aliphatic rings. The van der Waals surface area contributed by atoms with Crippen LogP contribution in [0.1, 0.15) is 20.8 Å². The molecule has 0 aromatic carbocycles. The van der Waals surface area contributed by atoms with Crippen molar-refractivity contribution in [3.8, 4) is 0 Å². The van der Waals surface area contributed by atoms with Crippen LogP contribution in [0, 0.1) is 5.92 Å². The van der Waals surface area contributed by atoms with Gasteiger partial charge in [-0.15, -0.1) is 0 Å². The Kier molecular flexibility index (Phi) is 3.96. The molecule has 2 nitrogen and oxygen atoms in total. The van der Waals surface area contributed by atoms with Crippen molar-refractivity contribution in [3.05, 3.63) is 11.6 Å². The molecule has 0 aromatic heterocycles. The van der Waals surface area contributed by atoms with Crippen molar-refractivity contribution >= 4 is 6.29 Å². The Labute approximate surface area is 61.6 Å². The van der Waals surface area contributed by atoms with Crippen molar-refractivity contribution in [1.29, 1.82) is 0 Å². The van der Waals surface area contributed by atoms with E-state index in [-0.39, 0.29) is 12.0 Å². The highest BCUT2D eigenvalue weighted by Crippen LogP contribution is 2.12. The Hall–Kier alpha value is -0.630. The third-order valence-corrected chi connectivity index (χ3v) is 1.77. The molecule has 2 unspecified atom stereocenters. The maximum absolute atomic E-state index is 9.98. The summed E-state index contributed by atoms with van der Waals surface area (Å²) in [4.78, 5) is 9.98. The molecule has 0 saturated carbocycles. The van der Waals surface area contributed by atoms with Gasteiger partial charge in [-0.3, -0.25) is 4.79 Å². The summed E-state index contributed by atoms with van der Waals surface area (Å²) in [6.45, 7) is 5.44. The number of carbonyl (C=O) groups is 1. The highest BCUT2D eigenvalue weighted by molar-refractivity contribution is 5.66. The molecule has 0 saturated heterocycles. The van der Waals surface area contributed by atoms with Crippen molar-refractivity contribution in [3.63, 3.8) is 0 Å². The van der Waals surface area contributed by atoms with Crippen LogP contribution in [-0.2, 0) is 4.79 Å². The van der Waals surface area contributed by atoms with Crippen LogP contribution in [0.4, 0.5) is 0 Å². The van der Waals surface area contributed by atoms with Crippen molar-refractivity contribution in [1.82, 2.24) is 0 Å². The van der Waals surface area contributed by atoms with E-state index in [1.165, 1.54) is 6.08 Å². The second-order valence-corrected chi connectivity index (χ2v) is 2.58. The predicted molar refractivity (Wildman–Crippen MR) is 40.7 cm³/mol. The summed E-state index contributed by atoms with van der Waals surface area (Å²) in [5.41, 5.74) is 0.921. The number of aldehydes is 1. The number of aliphatic hydroxyl groups excluding tert-OH is 1. The Morgan fingerprint density at radius 1 is 1.50 bits per heavy atom. The lowest BCUT2D eigenvalue weighted by molar-refractivity contribution is -0.104. The van der Waals surface area contributed by atoms with E-state index in [2.05, 4.69) is 0 Å². The van der Waals surface area contributed by atoms with Crippen LogP contribution < -0.4 is 0 Å². The van der Waals surface area contributed by atoms with E-state index in [1.807, 2.05) is 13.8 Å². The fourth-order valence-corrected chi connectivity index (χ4v) is 0.640. The molecule has 0 aromatic rings. The van der Waals surface area contributed by atoms with Crippen molar-refractivity contribution in [2.75, 3.05) is 0 Å². The van der Waals surface area contributed by atoms with E-state index < -0.39 is 0 Å². The van der Waals surface area contributed by atoms with E-state index in [1.54, 1.807) is 6.92 Å². The standard InChI is InChI=1S/C8H14O2/c1-6(4-5-9)7(2)8(3)10/h4-5,7-8,10H,1-3H3. The van der Waals surface area contributed by atoms with Gasteiger partial charge in [0.2, 0.25) is 0 Å². The summed E-state index contributed by atoms with van der Waals surface area (Å²) in [6, 6.07) is 0. The molecule has 0 amide bonds. The fraction of sp³-hybridized carbons (Fsp3) is 0.625. The zero-order valence-corrected chi connectivity index (χ0v) is 6.66. The normalized spacial score (nSPS) is 18.2. The van der Waals surface area contributed by atoms with Gasteiger partial charge in [0.15, 0.2) is 0 Å². The first-order valence-corrected chi connectivity index (χ1v) is 3.39. The van der Waals surface area contributed by atoms with Crippen LogP contribution in [-0.4, -0.2) is 17.5 Å². The van der Waals surface area contributed by atoms with Gasteiger partial charge in [-0.1, -0.05) is 12.5 Å². The van der Waals surface area contributed by atoms with E-state index in [0.29, 0.717) is 0 Å². The number of hydrogen-bond donors (Lipinski definition) is 1. The molecule has 2 atom stereocenters. The largest absolute Gasteiger partial charge is 0.393 e. The van der Waals surface area contributed by atoms with Crippen LogP contribution in [0.5, 0.6) is 0 Å². The monoisotopic (exact) mass is 142 g/mol. The molecule has 0 rings (SSSR count). The average Bonchev–Trinajstić information content (AvgIpc) is 1.87. The zero-order valence-electron chi connectivity index (χ0n) is 6.66. The molecule has 10 heavy (non-hydrogen) atoms. The van der Waals surface area contributed by atoms with Crippen molar-refractivity contribution < 1.29 is 9.90 Å². The summed E-state index contributed by atoms with van der Waals surface area (Å²) >= 11 is 0. The van der Waals surface area contributed by atoms with Crippen LogP contribution >= 0.6 is 0 Å². The summed E-state index contributed by atoms with van der Waals surface area (Å²) in [5.74, 6) is 0.0743. The Morgan fingerprint density at radius 2 is 2.00 bits per heavy atom. The summed E-state index contributed by atoms with van der Waals surface area (Å²) in [7, 11) is 0. The molecular weight excluding hydrogens is 128 g/mol. The maximum Gasteiger partial charge on any atom is 0.142 e. The quantitative estimate of drug-likeness (QED) is 0.474. The highest BCUT2D eigenvalue weighted by atomic mass is 16.3. The lowest BCUT2D eigenvalue weighted by Crippen LogP contribution is -2.13. The molecule has 0 heterocycles. The molecule has 2 heteroatoms. The van der Waals surface area contributed by atoms with E-state index >= 15 is 0 Å². The van der Waals surface area contributed by atoms with Gasteiger partial charge in [0.05, 0.1) is 6.10 Å². The van der Waals surface area contributed by atoms with Gasteiger partial charge in [0, 0.05) is 5.92 Å². The number of carbonyl (C=O) groups excluding carboxylic acids is 1. The lowest BCUT2D eigenvalue weighted by atomic mass is 9.98. The van der Waals surface area contributed by atoms with Crippen LogP contribution in [0.15, 0.2) is 11.6 Å². The van der Waals surface area contributed by atoms with E-state index in [0.717, 1.165) is 11.9 Å². The van der Waals surface area contributed by atoms with Crippen molar-refractivity contribution in [2.45, 2.75) is 26.9 Å². The second-order valence-electron chi connectivity index (χ2n) is 2.58. The number of rotatable bonds is 3. The minimum absolute atomic E-state index is 0.0743. The minimum atomic E-state index is -0.379. The van der Waals surface area contributed by atoms with Gasteiger partial charge in [0.25, 0.3) is 0 Å². The summed E-state index contributed by atoms with van der Waals surface area (Å²) < 4.78 is 0. The average molecular weight is 142 g/mol. The molecule has 0 aliphatic heterocycles. The van der Waals surface area contributed by atoms with E-state index in [4.69, 9.17) is 5.11 Å². The molecular formula is C8H14O2. The topological polar surface area (TPSA) is 37.3 Å². The SMILES string of the molecule is CC(=CC=O)C(C)C(C)O. The zero-order chi connectivity index (χ0) is 8.15. The van der Waals surface area contributed by atoms with Crippen molar-refractivity contribution in [2.24, 2.45) is 5.92 Å². The first-order chi connectivity index (χ1) is 4.59. The molecule has 0 fully saturated rings. The van der Waals surface area contributed by atoms with Gasteiger partial charge in [-0.2, -0.15) is 0 Å². The van der Waals surface area contributed by atoms with Gasteiger partial charge < -0.3 is 5.11 Å². The Morgan fingerprint density at radius 3 is 2.30 bits per heavy atom. The lowest BCUT2D eigenvalue weighted by Gasteiger charge is -2.13. The molecule has 58 valence electrons. The summed E-state index contributed by atoms with van der Waals surface area (Å²) in [5, 5.41) is 9.06. The molecule has 0 radical (unpaired) electrons. The van der Waals surface area contributed by atoms with Crippen LogP contribution in [0.25, 0.3) is 0 Å². The summed E-state index contributed by atoms with van der Waals surface area (Å²) in [6.07, 6.45) is 1.85. The third kappa shape index (κ3) is 2.78. The Balaban J connectivity index is 4.06. The van der Waals surface area contributed by atoms with E-state index in [9.17, 15) is 4.79 Å². The van der Waals surface area contributed by atoms with Gasteiger partial charge in [0.1, 0.15) is 6.29 Å². The maximum atomic E-state index is 9.98.